The molecule has 2 heterocycles. The fourth-order valence-corrected chi connectivity index (χ4v) is 4.76. The molecule has 1 aliphatic heterocycles. The molecule has 0 bridgehead atoms. The van der Waals surface area contributed by atoms with Crippen LogP contribution in [0.3, 0.4) is 0 Å². The molecule has 10 nitrogen and oxygen atoms in total. The number of carbonyl (C=O) groups excluding carboxylic acids is 1. The molecule has 186 valence electrons. The highest BCUT2D eigenvalue weighted by Crippen LogP contribution is 2.22. The normalized spacial score (nSPS) is 14.6. The first-order valence-corrected chi connectivity index (χ1v) is 12.9. The van der Waals surface area contributed by atoms with Gasteiger partial charge in [0.05, 0.1) is 30.9 Å². The van der Waals surface area contributed by atoms with Crippen LogP contribution in [-0.2, 0) is 15.8 Å². The van der Waals surface area contributed by atoms with Gasteiger partial charge in [-0.15, -0.1) is 0 Å². The van der Waals surface area contributed by atoms with Gasteiger partial charge in [0, 0.05) is 50.4 Å². The van der Waals surface area contributed by atoms with Crippen molar-refractivity contribution in [3.63, 3.8) is 0 Å². The Morgan fingerprint density at radius 1 is 1.18 bits per heavy atom. The number of amides is 1. The Morgan fingerprint density at radius 3 is 2.65 bits per heavy atom. The van der Waals surface area contributed by atoms with E-state index in [1.165, 1.54) is 25.6 Å². The minimum Gasteiger partial charge on any atom is -0.495 e. The number of benzene rings is 1. The summed E-state index contributed by atoms with van der Waals surface area (Å²) in [5, 5.41) is 6.15. The van der Waals surface area contributed by atoms with Crippen molar-refractivity contribution in [2.24, 2.45) is 0 Å². The summed E-state index contributed by atoms with van der Waals surface area (Å²) in [5.41, 5.74) is 0.916. The molecule has 3 rings (SSSR count). The summed E-state index contributed by atoms with van der Waals surface area (Å²) in [6.07, 6.45) is 2.87. The van der Waals surface area contributed by atoms with Gasteiger partial charge in [0.1, 0.15) is 18.1 Å². The predicted molar refractivity (Wildman–Crippen MR) is 131 cm³/mol. The van der Waals surface area contributed by atoms with Gasteiger partial charge >= 0.3 is 0 Å². The van der Waals surface area contributed by atoms with Crippen molar-refractivity contribution in [2.75, 3.05) is 51.2 Å². The van der Waals surface area contributed by atoms with E-state index in [-0.39, 0.29) is 29.0 Å². The minimum atomic E-state index is -3.82. The van der Waals surface area contributed by atoms with Crippen LogP contribution in [0, 0.1) is 0 Å². The lowest BCUT2D eigenvalue weighted by Crippen LogP contribution is -2.44. The number of hydrogen-bond donors (Lipinski definition) is 3. The lowest BCUT2D eigenvalue weighted by molar-refractivity contribution is 0.0942. The van der Waals surface area contributed by atoms with Gasteiger partial charge in [0.2, 0.25) is 10.0 Å². The maximum atomic E-state index is 12.9. The molecule has 2 aromatic rings. The second-order valence-corrected chi connectivity index (χ2v) is 10.1. The topological polar surface area (TPSA) is 122 Å². The lowest BCUT2D eigenvalue weighted by atomic mass is 10.1. The first-order chi connectivity index (χ1) is 16.3. The quantitative estimate of drug-likeness (QED) is 0.432. The second-order valence-electron chi connectivity index (χ2n) is 8.36. The van der Waals surface area contributed by atoms with E-state index in [2.05, 4.69) is 25.2 Å². The highest BCUT2D eigenvalue weighted by Gasteiger charge is 2.20. The molecule has 0 unspecified atom stereocenters. The molecule has 1 fully saturated rings. The Balaban J connectivity index is 1.74. The Hall–Kier alpha value is -2.89. The zero-order valence-corrected chi connectivity index (χ0v) is 20.7. The molecule has 1 aromatic carbocycles. The average Bonchev–Trinajstić information content (AvgIpc) is 2.79. The SMILES string of the molecule is COc1cncc(NS(=O)(=O)Cc2ccc(OCCN3CCNCC3)cc2C(=O)NC(C)C)c1. The molecule has 1 saturated heterocycles. The Labute approximate surface area is 201 Å². The van der Waals surface area contributed by atoms with Crippen molar-refractivity contribution in [1.29, 1.82) is 0 Å². The number of ether oxygens (including phenoxy) is 2. The fraction of sp³-hybridized carbons (Fsp3) is 0.478. The first-order valence-electron chi connectivity index (χ1n) is 11.2. The molecule has 1 amide bonds. The number of sulfonamides is 1. The summed E-state index contributed by atoms with van der Waals surface area (Å²) in [7, 11) is -2.35. The van der Waals surface area contributed by atoms with Crippen LogP contribution in [0.5, 0.6) is 11.5 Å². The van der Waals surface area contributed by atoms with E-state index in [9.17, 15) is 13.2 Å². The van der Waals surface area contributed by atoms with Crippen molar-refractivity contribution < 1.29 is 22.7 Å². The largest absolute Gasteiger partial charge is 0.495 e. The van der Waals surface area contributed by atoms with E-state index in [1.807, 2.05) is 13.8 Å². The maximum Gasteiger partial charge on any atom is 0.251 e. The number of rotatable bonds is 11. The van der Waals surface area contributed by atoms with Crippen molar-refractivity contribution in [1.82, 2.24) is 20.5 Å². The van der Waals surface area contributed by atoms with Crippen LogP contribution >= 0.6 is 0 Å². The average molecular weight is 492 g/mol. The van der Waals surface area contributed by atoms with E-state index < -0.39 is 10.0 Å². The van der Waals surface area contributed by atoms with Crippen LogP contribution in [0.1, 0.15) is 29.8 Å². The molecule has 0 aliphatic carbocycles. The summed E-state index contributed by atoms with van der Waals surface area (Å²) in [6.45, 7) is 8.82. The third kappa shape index (κ3) is 7.86. The van der Waals surface area contributed by atoms with Crippen molar-refractivity contribution in [3.8, 4) is 11.5 Å². The summed E-state index contributed by atoms with van der Waals surface area (Å²) in [6, 6.07) is 6.36. The van der Waals surface area contributed by atoms with Crippen molar-refractivity contribution in [3.05, 3.63) is 47.8 Å². The molecule has 1 aliphatic rings. The Kier molecular flexibility index (Phi) is 9.08. The van der Waals surface area contributed by atoms with Gasteiger partial charge in [-0.2, -0.15) is 0 Å². The molecule has 1 aromatic heterocycles. The summed E-state index contributed by atoms with van der Waals surface area (Å²) < 4.78 is 39.1. The van der Waals surface area contributed by atoms with E-state index in [0.717, 1.165) is 32.7 Å². The molecule has 0 radical (unpaired) electrons. The van der Waals surface area contributed by atoms with Gasteiger partial charge in [0.25, 0.3) is 5.91 Å². The molecule has 0 saturated carbocycles. The number of piperazine rings is 1. The summed E-state index contributed by atoms with van der Waals surface area (Å²) >= 11 is 0. The highest BCUT2D eigenvalue weighted by atomic mass is 32.2. The Morgan fingerprint density at radius 2 is 1.94 bits per heavy atom. The van der Waals surface area contributed by atoms with Gasteiger partial charge in [0.15, 0.2) is 0 Å². The number of carbonyl (C=O) groups is 1. The van der Waals surface area contributed by atoms with Crippen LogP contribution in [0.4, 0.5) is 5.69 Å². The van der Waals surface area contributed by atoms with Crippen LogP contribution in [0.2, 0.25) is 0 Å². The van der Waals surface area contributed by atoms with Gasteiger partial charge in [-0.05, 0) is 31.5 Å². The number of nitrogens with one attached hydrogen (secondary N) is 3. The number of aromatic nitrogens is 1. The number of hydrogen-bond acceptors (Lipinski definition) is 8. The highest BCUT2D eigenvalue weighted by molar-refractivity contribution is 7.91. The first kappa shape index (κ1) is 25.7. The zero-order chi connectivity index (χ0) is 24.6. The molecule has 11 heteroatoms. The minimum absolute atomic E-state index is 0.102. The summed E-state index contributed by atoms with van der Waals surface area (Å²) in [5.74, 6) is 0.219. The number of nitrogens with zero attached hydrogens (tertiary/aromatic N) is 2. The van der Waals surface area contributed by atoms with Gasteiger partial charge < -0.3 is 20.1 Å². The zero-order valence-electron chi connectivity index (χ0n) is 19.8. The van der Waals surface area contributed by atoms with E-state index >= 15 is 0 Å². The molecule has 3 N–H and O–H groups in total. The second kappa shape index (κ2) is 12.0. The predicted octanol–water partition coefficient (Wildman–Crippen LogP) is 1.45. The molecule has 0 atom stereocenters. The summed E-state index contributed by atoms with van der Waals surface area (Å²) in [4.78, 5) is 19.1. The lowest BCUT2D eigenvalue weighted by Gasteiger charge is -2.27. The number of anilines is 1. The van der Waals surface area contributed by atoms with E-state index in [0.29, 0.717) is 23.7 Å². The third-order valence-corrected chi connectivity index (χ3v) is 6.44. The standard InChI is InChI=1S/C23H33N5O5S/c1-17(2)26-23(29)22-13-20(33-11-10-28-8-6-24-7-9-28)5-4-18(22)16-34(30,31)27-19-12-21(32-3)15-25-14-19/h4-5,12-15,17,24,27H,6-11,16H2,1-3H3,(H,26,29). The van der Waals surface area contributed by atoms with Gasteiger partial charge in [-0.3, -0.25) is 19.4 Å². The van der Waals surface area contributed by atoms with Crippen LogP contribution < -0.4 is 24.8 Å². The molecular formula is C23H33N5O5S. The van der Waals surface area contributed by atoms with Gasteiger partial charge in [-0.1, -0.05) is 6.07 Å². The van der Waals surface area contributed by atoms with E-state index in [4.69, 9.17) is 9.47 Å². The van der Waals surface area contributed by atoms with Gasteiger partial charge in [-0.25, -0.2) is 8.42 Å². The number of pyridine rings is 1. The van der Waals surface area contributed by atoms with Crippen LogP contribution in [-0.4, -0.2) is 76.7 Å². The maximum absolute atomic E-state index is 12.9. The van der Waals surface area contributed by atoms with Crippen LogP contribution in [0.25, 0.3) is 0 Å². The smallest absolute Gasteiger partial charge is 0.251 e. The fourth-order valence-electron chi connectivity index (χ4n) is 3.56. The van der Waals surface area contributed by atoms with Crippen molar-refractivity contribution in [2.45, 2.75) is 25.6 Å². The van der Waals surface area contributed by atoms with Crippen molar-refractivity contribution >= 4 is 21.6 Å². The van der Waals surface area contributed by atoms with E-state index in [1.54, 1.807) is 18.2 Å². The van der Waals surface area contributed by atoms with Crippen LogP contribution in [0.15, 0.2) is 36.7 Å². The molecule has 0 spiro atoms. The number of methoxy groups -OCH3 is 1. The third-order valence-electron chi connectivity index (χ3n) is 5.20. The monoisotopic (exact) mass is 491 g/mol. The molecular weight excluding hydrogens is 458 g/mol. The molecule has 34 heavy (non-hydrogen) atoms. The Bertz CT molecular complexity index is 1070.